The molecule has 26 heavy (non-hydrogen) atoms. The number of hydrogen-bond acceptors (Lipinski definition) is 4. The van der Waals surface area contributed by atoms with Gasteiger partial charge >= 0.3 is 0 Å². The molecule has 3 heterocycles. The van der Waals surface area contributed by atoms with Crippen molar-refractivity contribution in [1.29, 1.82) is 0 Å². The first-order valence-electron chi connectivity index (χ1n) is 9.02. The molecule has 1 aromatic heterocycles. The second-order valence-corrected chi connectivity index (χ2v) is 6.75. The highest BCUT2D eigenvalue weighted by molar-refractivity contribution is 5.76. The topological polar surface area (TPSA) is 79.7 Å². The number of carbonyl (C=O) groups excluding carboxylic acids is 1. The van der Waals surface area contributed by atoms with Crippen molar-refractivity contribution in [2.24, 2.45) is 4.99 Å². The molecule has 1 amide bonds. The Bertz CT molecular complexity index is 999. The standard InChI is InChI=1S/C19H22N4O3/c1-13-18(25)21-19-20-16-7-6-15(11-14(16)12-23(13)19)26-10-4-5-17(24)22-8-2-3-9-22/h6-7,11H,1-5,8-10,12H2,(H,20,21,25). The van der Waals surface area contributed by atoms with Crippen LogP contribution in [0, 0.1) is 0 Å². The average Bonchev–Trinajstić information content (AvgIpc) is 3.26. The molecule has 7 nitrogen and oxygen atoms in total. The van der Waals surface area contributed by atoms with Crippen LogP contribution in [0.1, 0.15) is 31.2 Å². The van der Waals surface area contributed by atoms with Gasteiger partial charge in [0.15, 0.2) is 0 Å². The first-order chi connectivity index (χ1) is 12.6. The van der Waals surface area contributed by atoms with Crippen molar-refractivity contribution in [3.05, 3.63) is 45.1 Å². The maximum absolute atomic E-state index is 12.0. The van der Waals surface area contributed by atoms with Crippen LogP contribution in [-0.2, 0) is 11.3 Å². The average molecular weight is 354 g/mol. The molecule has 7 heteroatoms. The molecule has 1 aromatic carbocycles. The van der Waals surface area contributed by atoms with Crippen molar-refractivity contribution >= 4 is 18.2 Å². The van der Waals surface area contributed by atoms with Crippen LogP contribution in [0.2, 0.25) is 0 Å². The maximum atomic E-state index is 12.0. The smallest absolute Gasteiger partial charge is 0.274 e. The van der Waals surface area contributed by atoms with Gasteiger partial charge in [-0.25, -0.2) is 4.99 Å². The second-order valence-electron chi connectivity index (χ2n) is 6.75. The molecule has 0 spiro atoms. The highest BCUT2D eigenvalue weighted by Crippen LogP contribution is 2.26. The van der Waals surface area contributed by atoms with Crippen LogP contribution in [-0.4, -0.2) is 40.1 Å². The number of aromatic amines is 1. The van der Waals surface area contributed by atoms with Gasteiger partial charge in [-0.15, -0.1) is 0 Å². The first-order valence-corrected chi connectivity index (χ1v) is 9.02. The fraction of sp³-hybridized carbons (Fsp3) is 0.421. The highest BCUT2D eigenvalue weighted by atomic mass is 16.5. The predicted molar refractivity (Wildman–Crippen MR) is 97.1 cm³/mol. The number of H-pyrrole nitrogens is 1. The van der Waals surface area contributed by atoms with Gasteiger partial charge in [0, 0.05) is 25.1 Å². The Balaban J connectivity index is 1.36. The van der Waals surface area contributed by atoms with E-state index in [1.54, 1.807) is 4.57 Å². The zero-order valence-electron chi connectivity index (χ0n) is 14.7. The highest BCUT2D eigenvalue weighted by Gasteiger charge is 2.17. The summed E-state index contributed by atoms with van der Waals surface area (Å²) in [6, 6.07) is 5.69. The molecule has 1 N–H and O–H groups in total. The minimum absolute atomic E-state index is 0.212. The number of aromatic nitrogens is 2. The maximum Gasteiger partial charge on any atom is 0.274 e. The van der Waals surface area contributed by atoms with Gasteiger partial charge < -0.3 is 14.2 Å². The summed E-state index contributed by atoms with van der Waals surface area (Å²) in [5.74, 6) is 0.975. The van der Waals surface area contributed by atoms with Gasteiger partial charge in [-0.3, -0.25) is 14.6 Å². The summed E-state index contributed by atoms with van der Waals surface area (Å²) in [5, 5.41) is 0.404. The number of likely N-dealkylation sites (tertiary alicyclic amines) is 1. The Morgan fingerprint density at radius 2 is 2.12 bits per heavy atom. The van der Waals surface area contributed by atoms with Crippen LogP contribution in [0.15, 0.2) is 28.0 Å². The molecule has 2 aliphatic rings. The first kappa shape index (κ1) is 16.6. The van der Waals surface area contributed by atoms with Crippen molar-refractivity contribution < 1.29 is 9.53 Å². The summed E-state index contributed by atoms with van der Waals surface area (Å²) in [7, 11) is 0. The summed E-state index contributed by atoms with van der Waals surface area (Å²) in [6.45, 7) is 6.62. The van der Waals surface area contributed by atoms with Crippen molar-refractivity contribution in [2.75, 3.05) is 19.7 Å². The van der Waals surface area contributed by atoms with Gasteiger partial charge in [0.1, 0.15) is 11.1 Å². The normalized spacial score (nSPS) is 15.3. The van der Waals surface area contributed by atoms with Gasteiger partial charge in [-0.1, -0.05) is 6.58 Å². The van der Waals surface area contributed by atoms with E-state index in [-0.39, 0.29) is 11.5 Å². The van der Waals surface area contributed by atoms with Crippen molar-refractivity contribution in [3.8, 4) is 5.75 Å². The minimum atomic E-state index is -0.212. The van der Waals surface area contributed by atoms with Crippen molar-refractivity contribution in [1.82, 2.24) is 14.5 Å². The number of hydrogen-bond donors (Lipinski definition) is 1. The van der Waals surface area contributed by atoms with Crippen molar-refractivity contribution in [3.63, 3.8) is 0 Å². The molecule has 2 aromatic rings. The number of carbonyl (C=O) groups is 1. The van der Waals surface area contributed by atoms with E-state index in [0.29, 0.717) is 37.0 Å². The van der Waals surface area contributed by atoms with E-state index in [9.17, 15) is 9.59 Å². The lowest BCUT2D eigenvalue weighted by atomic mass is 10.1. The number of rotatable bonds is 5. The molecule has 0 radical (unpaired) electrons. The fourth-order valence-electron chi connectivity index (χ4n) is 3.46. The lowest BCUT2D eigenvalue weighted by Gasteiger charge is -2.16. The number of imidazole rings is 1. The third-order valence-corrected chi connectivity index (χ3v) is 4.94. The molecule has 0 aliphatic carbocycles. The molecular weight excluding hydrogens is 332 g/mol. The Kier molecular flexibility index (Phi) is 4.36. The third-order valence-electron chi connectivity index (χ3n) is 4.94. The van der Waals surface area contributed by atoms with Crippen LogP contribution in [0.4, 0.5) is 5.69 Å². The molecule has 2 aliphatic heterocycles. The van der Waals surface area contributed by atoms with Gasteiger partial charge in [-0.05, 0) is 37.5 Å². The van der Waals surface area contributed by atoms with Crippen LogP contribution < -0.4 is 21.3 Å². The number of amides is 1. The number of nitrogens with zero attached hydrogens (tertiary/aromatic N) is 3. The zero-order valence-corrected chi connectivity index (χ0v) is 14.7. The van der Waals surface area contributed by atoms with E-state index in [0.717, 1.165) is 42.9 Å². The van der Waals surface area contributed by atoms with E-state index in [1.165, 1.54) is 0 Å². The van der Waals surface area contributed by atoms with Gasteiger partial charge in [0.2, 0.25) is 11.5 Å². The van der Waals surface area contributed by atoms with Crippen LogP contribution in [0.5, 0.6) is 5.75 Å². The van der Waals surface area contributed by atoms with E-state index in [1.807, 2.05) is 23.1 Å². The largest absolute Gasteiger partial charge is 0.494 e. The quantitative estimate of drug-likeness (QED) is 0.685. The van der Waals surface area contributed by atoms with E-state index < -0.39 is 0 Å². The van der Waals surface area contributed by atoms with Gasteiger partial charge in [0.25, 0.3) is 5.56 Å². The molecule has 1 fully saturated rings. The van der Waals surface area contributed by atoms with Crippen LogP contribution in [0.3, 0.4) is 0 Å². The lowest BCUT2D eigenvalue weighted by Crippen LogP contribution is -2.32. The van der Waals surface area contributed by atoms with Gasteiger partial charge in [-0.2, -0.15) is 0 Å². The SMILES string of the molecule is C=c1c(=O)[nH]c2n1Cc1cc(OCCCC(=O)N3CCCC3)ccc1N=2. The lowest BCUT2D eigenvalue weighted by molar-refractivity contribution is -0.130. The number of ether oxygens (including phenoxy) is 1. The van der Waals surface area contributed by atoms with Crippen LogP contribution >= 0.6 is 0 Å². The van der Waals surface area contributed by atoms with Crippen LogP contribution in [0.25, 0.3) is 6.58 Å². The second kappa shape index (κ2) is 6.82. The molecule has 0 unspecified atom stereocenters. The fourth-order valence-corrected chi connectivity index (χ4v) is 3.46. The molecular formula is C19H22N4O3. The van der Waals surface area contributed by atoms with E-state index in [2.05, 4.69) is 16.6 Å². The molecule has 4 rings (SSSR count). The molecule has 0 bridgehead atoms. The summed E-state index contributed by atoms with van der Waals surface area (Å²) in [6.07, 6.45) is 3.47. The van der Waals surface area contributed by atoms with Crippen molar-refractivity contribution in [2.45, 2.75) is 32.2 Å². The predicted octanol–water partition coefficient (Wildman–Crippen LogP) is 0.681. The summed E-state index contributed by atoms with van der Waals surface area (Å²) < 4.78 is 7.57. The number of nitrogens with one attached hydrogen (secondary N) is 1. The third kappa shape index (κ3) is 3.16. The number of benzene rings is 1. The zero-order chi connectivity index (χ0) is 18.1. The van der Waals surface area contributed by atoms with Gasteiger partial charge in [0.05, 0.1) is 18.8 Å². The molecule has 0 saturated carbocycles. The molecule has 1 saturated heterocycles. The summed E-state index contributed by atoms with van der Waals surface area (Å²) in [4.78, 5) is 32.8. The summed E-state index contributed by atoms with van der Waals surface area (Å²) >= 11 is 0. The molecule has 136 valence electrons. The summed E-state index contributed by atoms with van der Waals surface area (Å²) in [5.41, 5.74) is 2.12. The molecule has 0 atom stereocenters. The Labute approximate surface area is 150 Å². The van der Waals surface area contributed by atoms with E-state index >= 15 is 0 Å². The number of fused-ring (bicyclic) bond motifs is 2. The minimum Gasteiger partial charge on any atom is -0.494 e. The monoisotopic (exact) mass is 354 g/mol. The Morgan fingerprint density at radius 3 is 2.92 bits per heavy atom. The van der Waals surface area contributed by atoms with E-state index in [4.69, 9.17) is 4.74 Å². The Morgan fingerprint density at radius 1 is 1.31 bits per heavy atom. The Hall–Kier alpha value is -2.83.